The van der Waals surface area contributed by atoms with Crippen molar-refractivity contribution in [3.8, 4) is 11.5 Å². The molecule has 5 aliphatic rings. The van der Waals surface area contributed by atoms with E-state index in [0.717, 1.165) is 47.4 Å². The summed E-state index contributed by atoms with van der Waals surface area (Å²) < 4.78 is 7.58. The van der Waals surface area contributed by atoms with Gasteiger partial charge >= 0.3 is 0 Å². The summed E-state index contributed by atoms with van der Waals surface area (Å²) in [6.45, 7) is 1.96. The number of amides is 1. The molecule has 1 spiro atoms. The van der Waals surface area contributed by atoms with Crippen LogP contribution in [0.15, 0.2) is 46.9 Å². The number of nitrogens with zero attached hydrogens (tertiary/aromatic N) is 2. The van der Waals surface area contributed by atoms with Gasteiger partial charge in [0.15, 0.2) is 11.5 Å². The van der Waals surface area contributed by atoms with Crippen LogP contribution in [0.25, 0.3) is 6.08 Å². The Morgan fingerprint density at radius 3 is 2.86 bits per heavy atom. The summed E-state index contributed by atoms with van der Waals surface area (Å²) in [6, 6.07) is 11.4. The number of hydrogen-bond acceptors (Lipinski definition) is 5. The molecule has 2 N–H and O–H groups in total. The standard InChI is InChI=1S/C30H33BrN2O4/c1-32(25(35)10-7-18-3-2-4-21(31)15-18)22-11-12-30(36)24-16-20-8-9-23(34)27-26(20)29(30,28(22)37-27)13-14-33(24)17-19-5-6-19/h2-4,7-10,15,19,22,24,28,34,36H,5-6,11-14,16-17H2,1H3/t22-,24-,28+,29+,30-/m1/s1. The lowest BCUT2D eigenvalue weighted by Gasteiger charge is -2.64. The molecule has 2 aliphatic heterocycles. The highest BCUT2D eigenvalue weighted by molar-refractivity contribution is 9.10. The lowest BCUT2D eigenvalue weighted by atomic mass is 9.48. The van der Waals surface area contributed by atoms with Crippen molar-refractivity contribution in [2.24, 2.45) is 5.92 Å². The van der Waals surface area contributed by atoms with Gasteiger partial charge < -0.3 is 19.8 Å². The number of likely N-dealkylation sites (N-methyl/N-ethyl adjacent to an activating group) is 1. The zero-order chi connectivity index (χ0) is 25.5. The van der Waals surface area contributed by atoms with Crippen LogP contribution in [-0.2, 0) is 16.6 Å². The fourth-order valence-corrected chi connectivity index (χ4v) is 8.33. The van der Waals surface area contributed by atoms with Gasteiger partial charge in [-0.2, -0.15) is 0 Å². The van der Waals surface area contributed by atoms with Crippen LogP contribution in [0, 0.1) is 5.92 Å². The quantitative estimate of drug-likeness (QED) is 0.531. The van der Waals surface area contributed by atoms with Crippen molar-refractivity contribution < 1.29 is 19.7 Å². The summed E-state index contributed by atoms with van der Waals surface area (Å²) >= 11 is 3.48. The second-order valence-electron chi connectivity index (χ2n) is 11.7. The van der Waals surface area contributed by atoms with E-state index < -0.39 is 17.1 Å². The highest BCUT2D eigenvalue weighted by Gasteiger charge is 2.73. The molecule has 1 saturated heterocycles. The number of halogens is 1. The molecule has 2 bridgehead atoms. The SMILES string of the molecule is CN(C(=O)C=Cc1cccc(Br)c1)[C@@H]1CC[C@@]2(O)[C@H]3Cc4ccc(O)c5c4[C@@]2(CCN3CC2CC2)[C@H]1O5. The Morgan fingerprint density at radius 1 is 1.24 bits per heavy atom. The molecule has 2 aromatic rings. The lowest BCUT2D eigenvalue weighted by Crippen LogP contribution is -2.78. The Hall–Kier alpha value is -2.35. The number of carbonyl (C=O) groups is 1. The number of rotatable bonds is 5. The first-order chi connectivity index (χ1) is 17.8. The average Bonchev–Trinajstić information content (AvgIpc) is 3.62. The first-order valence-electron chi connectivity index (χ1n) is 13.5. The molecule has 37 heavy (non-hydrogen) atoms. The second kappa shape index (κ2) is 8.32. The second-order valence-corrected chi connectivity index (χ2v) is 12.6. The molecule has 194 valence electrons. The number of likely N-dealkylation sites (tertiary alicyclic amines) is 1. The molecule has 3 aliphatic carbocycles. The maximum absolute atomic E-state index is 13.4. The van der Waals surface area contributed by atoms with E-state index in [1.165, 1.54) is 18.4 Å². The first kappa shape index (κ1) is 23.7. The summed E-state index contributed by atoms with van der Waals surface area (Å²) in [5.74, 6) is 1.31. The Morgan fingerprint density at radius 2 is 2.08 bits per heavy atom. The molecule has 0 radical (unpaired) electrons. The molecular formula is C30H33BrN2O4. The zero-order valence-corrected chi connectivity index (χ0v) is 22.7. The van der Waals surface area contributed by atoms with Gasteiger partial charge in [0.25, 0.3) is 0 Å². The predicted molar refractivity (Wildman–Crippen MR) is 145 cm³/mol. The number of phenols is 1. The molecule has 2 heterocycles. The minimum atomic E-state index is -0.941. The van der Waals surface area contributed by atoms with Gasteiger partial charge in [-0.3, -0.25) is 9.69 Å². The van der Waals surface area contributed by atoms with Gasteiger partial charge in [-0.05, 0) is 86.4 Å². The van der Waals surface area contributed by atoms with Gasteiger partial charge in [-0.25, -0.2) is 0 Å². The van der Waals surface area contributed by atoms with Gasteiger partial charge in [0, 0.05) is 35.7 Å². The Balaban J connectivity index is 1.25. The molecule has 7 heteroatoms. The number of phenolic OH excluding ortho intramolecular Hbond substituents is 1. The van der Waals surface area contributed by atoms with E-state index >= 15 is 0 Å². The summed E-state index contributed by atoms with van der Waals surface area (Å²) in [5, 5.41) is 23.4. The molecule has 0 unspecified atom stereocenters. The van der Waals surface area contributed by atoms with Gasteiger partial charge in [0.1, 0.15) is 6.10 Å². The average molecular weight is 566 g/mol. The third kappa shape index (κ3) is 3.39. The van der Waals surface area contributed by atoms with Gasteiger partial charge in [-0.15, -0.1) is 0 Å². The molecule has 2 aromatic carbocycles. The molecular weight excluding hydrogens is 532 g/mol. The van der Waals surface area contributed by atoms with Crippen molar-refractivity contribution >= 4 is 27.9 Å². The minimum Gasteiger partial charge on any atom is -0.504 e. The van der Waals surface area contributed by atoms with E-state index in [9.17, 15) is 15.0 Å². The largest absolute Gasteiger partial charge is 0.504 e. The number of piperidine rings is 1. The lowest BCUT2D eigenvalue weighted by molar-refractivity contribution is -0.200. The third-order valence-corrected chi connectivity index (χ3v) is 10.3. The van der Waals surface area contributed by atoms with E-state index in [0.29, 0.717) is 18.6 Å². The number of ether oxygens (including phenoxy) is 1. The highest BCUT2D eigenvalue weighted by atomic mass is 79.9. The highest BCUT2D eigenvalue weighted by Crippen LogP contribution is 2.66. The Labute approximate surface area is 226 Å². The van der Waals surface area contributed by atoms with Gasteiger partial charge in [0.05, 0.1) is 17.1 Å². The number of carbonyl (C=O) groups excluding carboxylic acids is 1. The maximum atomic E-state index is 13.4. The molecule has 7 rings (SSSR count). The Kier molecular flexibility index (Phi) is 5.34. The van der Waals surface area contributed by atoms with E-state index in [-0.39, 0.29) is 23.7 Å². The van der Waals surface area contributed by atoms with Crippen molar-refractivity contribution in [2.75, 3.05) is 20.1 Å². The monoisotopic (exact) mass is 564 g/mol. The number of aliphatic hydroxyl groups is 1. The molecule has 3 fully saturated rings. The smallest absolute Gasteiger partial charge is 0.246 e. The summed E-state index contributed by atoms with van der Waals surface area (Å²) in [5.41, 5.74) is 1.56. The summed E-state index contributed by atoms with van der Waals surface area (Å²) in [4.78, 5) is 17.7. The summed E-state index contributed by atoms with van der Waals surface area (Å²) in [6.07, 6.45) is 8.46. The van der Waals surface area contributed by atoms with Crippen LogP contribution in [0.4, 0.5) is 0 Å². The summed E-state index contributed by atoms with van der Waals surface area (Å²) in [7, 11) is 1.84. The van der Waals surface area contributed by atoms with Crippen LogP contribution in [0.3, 0.4) is 0 Å². The van der Waals surface area contributed by atoms with E-state index in [4.69, 9.17) is 4.74 Å². The Bertz CT molecular complexity index is 1310. The number of hydrogen-bond donors (Lipinski definition) is 2. The number of aromatic hydroxyl groups is 1. The molecule has 5 atom stereocenters. The van der Waals surface area contributed by atoms with Crippen LogP contribution in [0.5, 0.6) is 11.5 Å². The van der Waals surface area contributed by atoms with Gasteiger partial charge in [0.2, 0.25) is 5.91 Å². The van der Waals surface area contributed by atoms with E-state index in [2.05, 4.69) is 20.8 Å². The van der Waals surface area contributed by atoms with Crippen molar-refractivity contribution in [3.63, 3.8) is 0 Å². The predicted octanol–water partition coefficient (Wildman–Crippen LogP) is 4.26. The van der Waals surface area contributed by atoms with Crippen LogP contribution in [-0.4, -0.2) is 69.8 Å². The van der Waals surface area contributed by atoms with Crippen LogP contribution in [0.1, 0.15) is 48.8 Å². The van der Waals surface area contributed by atoms with Crippen LogP contribution in [0.2, 0.25) is 0 Å². The third-order valence-electron chi connectivity index (χ3n) is 9.84. The minimum absolute atomic E-state index is 0.0364. The van der Waals surface area contributed by atoms with Crippen molar-refractivity contribution in [3.05, 3.63) is 63.6 Å². The fraction of sp³-hybridized carbons (Fsp3) is 0.500. The van der Waals surface area contributed by atoms with Crippen molar-refractivity contribution in [1.82, 2.24) is 9.80 Å². The fourth-order valence-electron chi connectivity index (χ4n) is 7.91. The van der Waals surface area contributed by atoms with Crippen molar-refractivity contribution in [1.29, 1.82) is 0 Å². The molecule has 1 amide bonds. The van der Waals surface area contributed by atoms with Crippen LogP contribution < -0.4 is 4.74 Å². The first-order valence-corrected chi connectivity index (χ1v) is 14.3. The van der Waals surface area contributed by atoms with E-state index in [1.807, 2.05) is 43.5 Å². The van der Waals surface area contributed by atoms with Crippen molar-refractivity contribution in [2.45, 2.75) is 67.7 Å². The zero-order valence-electron chi connectivity index (χ0n) is 21.1. The normalized spacial score (nSPS) is 33.8. The van der Waals surface area contributed by atoms with Crippen LogP contribution >= 0.6 is 15.9 Å². The maximum Gasteiger partial charge on any atom is 0.246 e. The number of benzene rings is 2. The topological polar surface area (TPSA) is 73.2 Å². The molecule has 0 aromatic heterocycles. The van der Waals surface area contributed by atoms with E-state index in [1.54, 1.807) is 17.0 Å². The van der Waals surface area contributed by atoms with Gasteiger partial charge in [-0.1, -0.05) is 34.1 Å². The molecule has 6 nitrogen and oxygen atoms in total. The molecule has 2 saturated carbocycles.